The first-order chi connectivity index (χ1) is 6.09. The molecular weight excluding hydrogens is 192 g/mol. The molecule has 13 heavy (non-hydrogen) atoms. The van der Waals surface area contributed by atoms with Crippen LogP contribution in [-0.2, 0) is 11.3 Å². The van der Waals surface area contributed by atoms with Gasteiger partial charge in [-0.1, -0.05) is 0 Å². The molecule has 0 spiro atoms. The maximum absolute atomic E-state index is 9.85. The Kier molecular flexibility index (Phi) is 3.18. The Morgan fingerprint density at radius 3 is 2.77 bits per heavy atom. The summed E-state index contributed by atoms with van der Waals surface area (Å²) in [5.74, 6) is 0. The largest absolute Gasteiger partial charge is 0.314 e. The van der Waals surface area contributed by atoms with Crippen molar-refractivity contribution in [3.8, 4) is 0 Å². The van der Waals surface area contributed by atoms with Gasteiger partial charge in [0.05, 0.1) is 10.7 Å². The molecule has 6 heteroatoms. The molecule has 0 saturated carbocycles. The van der Waals surface area contributed by atoms with Gasteiger partial charge < -0.3 is 4.84 Å². The van der Waals surface area contributed by atoms with Crippen molar-refractivity contribution < 1.29 is 9.92 Å². The summed E-state index contributed by atoms with van der Waals surface area (Å²) in [6, 6.07) is 0. The van der Waals surface area contributed by atoms with Gasteiger partial charge in [0, 0.05) is 11.3 Å². The molecule has 0 aliphatic carbocycles. The summed E-state index contributed by atoms with van der Waals surface area (Å²) in [5, 5.41) is 10.1. The standard InChI is InChI=1S/C7H10N2O3S/c1-5-7(13-6(2)8-5)3-4-12-9(10)11/h3-4H2,1-2H3. The smallest absolute Gasteiger partial charge is 0.294 e. The van der Waals surface area contributed by atoms with Gasteiger partial charge in [-0.15, -0.1) is 21.5 Å². The van der Waals surface area contributed by atoms with Crippen LogP contribution >= 0.6 is 11.3 Å². The molecule has 0 atom stereocenters. The van der Waals surface area contributed by atoms with Gasteiger partial charge in [-0.25, -0.2) is 4.98 Å². The van der Waals surface area contributed by atoms with Gasteiger partial charge in [0.25, 0.3) is 5.09 Å². The van der Waals surface area contributed by atoms with E-state index in [1.165, 1.54) is 0 Å². The molecule has 0 N–H and O–H groups in total. The van der Waals surface area contributed by atoms with E-state index in [9.17, 15) is 10.1 Å². The maximum Gasteiger partial charge on any atom is 0.294 e. The van der Waals surface area contributed by atoms with Crippen molar-refractivity contribution in [3.63, 3.8) is 0 Å². The Bertz CT molecular complexity index is 311. The van der Waals surface area contributed by atoms with Crippen molar-refractivity contribution >= 4 is 11.3 Å². The molecule has 1 heterocycles. The first-order valence-corrected chi connectivity index (χ1v) is 4.61. The van der Waals surface area contributed by atoms with Crippen LogP contribution in [0.4, 0.5) is 0 Å². The van der Waals surface area contributed by atoms with Crippen molar-refractivity contribution in [2.75, 3.05) is 6.61 Å². The number of aryl methyl sites for hydroxylation is 2. The zero-order valence-corrected chi connectivity index (χ0v) is 8.26. The lowest BCUT2D eigenvalue weighted by Crippen LogP contribution is -2.04. The van der Waals surface area contributed by atoms with Crippen LogP contribution in [0.25, 0.3) is 0 Å². The number of hydrogen-bond acceptors (Lipinski definition) is 5. The third kappa shape index (κ3) is 2.98. The SMILES string of the molecule is Cc1nc(C)c(CCO[N+](=O)[O-])s1. The highest BCUT2D eigenvalue weighted by atomic mass is 32.1. The monoisotopic (exact) mass is 202 g/mol. The zero-order valence-electron chi connectivity index (χ0n) is 7.44. The summed E-state index contributed by atoms with van der Waals surface area (Å²) in [7, 11) is 0. The number of aromatic nitrogens is 1. The summed E-state index contributed by atoms with van der Waals surface area (Å²) in [6.45, 7) is 3.91. The lowest BCUT2D eigenvalue weighted by molar-refractivity contribution is -0.757. The molecule has 1 aromatic rings. The number of rotatable bonds is 4. The van der Waals surface area contributed by atoms with E-state index in [4.69, 9.17) is 0 Å². The van der Waals surface area contributed by atoms with Crippen LogP contribution in [-0.4, -0.2) is 16.7 Å². The molecule has 0 radical (unpaired) electrons. The van der Waals surface area contributed by atoms with Crippen molar-refractivity contribution in [2.24, 2.45) is 0 Å². The van der Waals surface area contributed by atoms with Crippen LogP contribution < -0.4 is 0 Å². The molecule has 0 saturated heterocycles. The fraction of sp³-hybridized carbons (Fsp3) is 0.571. The molecule has 0 amide bonds. The molecule has 72 valence electrons. The van der Waals surface area contributed by atoms with Crippen molar-refractivity contribution in [2.45, 2.75) is 20.3 Å². The van der Waals surface area contributed by atoms with Crippen molar-refractivity contribution in [3.05, 3.63) is 25.7 Å². The molecule has 0 aromatic carbocycles. The Balaban J connectivity index is 2.45. The van der Waals surface area contributed by atoms with Gasteiger partial charge in [0.2, 0.25) is 0 Å². The molecule has 5 nitrogen and oxygen atoms in total. The second kappa shape index (κ2) is 4.18. The van der Waals surface area contributed by atoms with E-state index in [0.717, 1.165) is 15.6 Å². The molecule has 1 rings (SSSR count). The number of nitrogens with zero attached hydrogens (tertiary/aromatic N) is 2. The van der Waals surface area contributed by atoms with E-state index in [0.29, 0.717) is 6.42 Å². The van der Waals surface area contributed by atoms with Gasteiger partial charge in [-0.05, 0) is 13.8 Å². The predicted octanol–water partition coefficient (Wildman–Crippen LogP) is 1.51. The van der Waals surface area contributed by atoms with Gasteiger partial charge in [-0.2, -0.15) is 0 Å². The maximum atomic E-state index is 9.85. The van der Waals surface area contributed by atoms with Gasteiger partial charge in [0.1, 0.15) is 6.61 Å². The van der Waals surface area contributed by atoms with Crippen LogP contribution in [0.3, 0.4) is 0 Å². The molecule has 0 bridgehead atoms. The average Bonchev–Trinajstić information content (AvgIpc) is 2.29. The molecular formula is C7H10N2O3S. The summed E-state index contributed by atoms with van der Waals surface area (Å²) in [6.07, 6.45) is 0.554. The molecule has 0 aliphatic heterocycles. The molecule has 1 aromatic heterocycles. The molecule has 0 unspecified atom stereocenters. The van der Waals surface area contributed by atoms with Crippen LogP contribution in [0, 0.1) is 24.0 Å². The van der Waals surface area contributed by atoms with Crippen LogP contribution in [0.5, 0.6) is 0 Å². The minimum atomic E-state index is -0.775. The van der Waals surface area contributed by atoms with Crippen LogP contribution in [0.15, 0.2) is 0 Å². The van der Waals surface area contributed by atoms with Crippen molar-refractivity contribution in [1.29, 1.82) is 0 Å². The summed E-state index contributed by atoms with van der Waals surface area (Å²) < 4.78 is 0. The van der Waals surface area contributed by atoms with E-state index in [1.807, 2.05) is 13.8 Å². The predicted molar refractivity (Wildman–Crippen MR) is 48.2 cm³/mol. The number of hydrogen-bond donors (Lipinski definition) is 0. The minimum absolute atomic E-state index is 0.107. The summed E-state index contributed by atoms with van der Waals surface area (Å²) in [5.41, 5.74) is 0.939. The third-order valence-corrected chi connectivity index (χ3v) is 2.66. The van der Waals surface area contributed by atoms with E-state index in [-0.39, 0.29) is 6.61 Å². The third-order valence-electron chi connectivity index (χ3n) is 1.53. The lowest BCUT2D eigenvalue weighted by atomic mass is 10.3. The summed E-state index contributed by atoms with van der Waals surface area (Å²) in [4.78, 5) is 19.3. The minimum Gasteiger partial charge on any atom is -0.314 e. The zero-order chi connectivity index (χ0) is 9.84. The average molecular weight is 202 g/mol. The van der Waals surface area contributed by atoms with E-state index in [1.54, 1.807) is 11.3 Å². The highest BCUT2D eigenvalue weighted by Crippen LogP contribution is 2.17. The van der Waals surface area contributed by atoms with Gasteiger partial charge in [0.15, 0.2) is 0 Å². The van der Waals surface area contributed by atoms with Crippen molar-refractivity contribution in [1.82, 2.24) is 4.98 Å². The highest BCUT2D eigenvalue weighted by molar-refractivity contribution is 7.11. The highest BCUT2D eigenvalue weighted by Gasteiger charge is 2.05. The Morgan fingerprint density at radius 2 is 2.31 bits per heavy atom. The van der Waals surface area contributed by atoms with Crippen LogP contribution in [0.2, 0.25) is 0 Å². The molecule has 0 fully saturated rings. The first kappa shape index (κ1) is 9.91. The Labute approximate surface area is 79.5 Å². The normalized spacial score (nSPS) is 10.0. The van der Waals surface area contributed by atoms with E-state index in [2.05, 4.69) is 9.82 Å². The second-order valence-electron chi connectivity index (χ2n) is 2.55. The number of thiazole rings is 1. The first-order valence-electron chi connectivity index (χ1n) is 3.80. The lowest BCUT2D eigenvalue weighted by Gasteiger charge is -1.96. The van der Waals surface area contributed by atoms with Crippen LogP contribution in [0.1, 0.15) is 15.6 Å². The Morgan fingerprint density at radius 1 is 1.62 bits per heavy atom. The Hall–Kier alpha value is -1.17. The topological polar surface area (TPSA) is 65.3 Å². The summed E-state index contributed by atoms with van der Waals surface area (Å²) >= 11 is 1.55. The second-order valence-corrected chi connectivity index (χ2v) is 3.84. The van der Waals surface area contributed by atoms with E-state index >= 15 is 0 Å². The van der Waals surface area contributed by atoms with Gasteiger partial charge >= 0.3 is 0 Å². The quantitative estimate of drug-likeness (QED) is 0.548. The molecule has 0 aliphatic rings. The van der Waals surface area contributed by atoms with E-state index < -0.39 is 5.09 Å². The van der Waals surface area contributed by atoms with Gasteiger partial charge in [-0.3, -0.25) is 0 Å². The fourth-order valence-electron chi connectivity index (χ4n) is 1.02. The fourth-order valence-corrected chi connectivity index (χ4v) is 1.94.